The molecule has 0 heterocycles. The maximum atomic E-state index is 3.83. The van der Waals surface area contributed by atoms with Crippen LogP contribution in [-0.2, 0) is 0 Å². The van der Waals surface area contributed by atoms with Crippen LogP contribution in [0.1, 0.15) is 13.8 Å². The van der Waals surface area contributed by atoms with Gasteiger partial charge >= 0.3 is 0 Å². The lowest BCUT2D eigenvalue weighted by atomic mass is 10.1. The summed E-state index contributed by atoms with van der Waals surface area (Å²) < 4.78 is 0. The van der Waals surface area contributed by atoms with Crippen molar-refractivity contribution < 1.29 is 0 Å². The third-order valence-electron chi connectivity index (χ3n) is 1.27. The van der Waals surface area contributed by atoms with Gasteiger partial charge in [-0.1, -0.05) is 37.5 Å². The molecular weight excluding hydrogens is 120 g/mol. The SMILES string of the molecule is C=CC(=C)C(/C=C\C)=C\C. The van der Waals surface area contributed by atoms with Crippen LogP contribution in [-0.4, -0.2) is 0 Å². The molecule has 0 saturated heterocycles. The largest absolute Gasteiger partial charge is 0.0985 e. The van der Waals surface area contributed by atoms with Crippen LogP contribution in [0.15, 0.2) is 48.6 Å². The van der Waals surface area contributed by atoms with E-state index in [0.29, 0.717) is 0 Å². The third kappa shape index (κ3) is 2.49. The average Bonchev–Trinajstić information content (AvgIpc) is 1.99. The summed E-state index contributed by atoms with van der Waals surface area (Å²) in [6.07, 6.45) is 7.79. The summed E-state index contributed by atoms with van der Waals surface area (Å²) in [5.41, 5.74) is 2.11. The van der Waals surface area contributed by atoms with Crippen LogP contribution < -0.4 is 0 Å². The summed E-state index contributed by atoms with van der Waals surface area (Å²) in [5.74, 6) is 0. The Balaban J connectivity index is 4.37. The smallest absolute Gasteiger partial charge is 0.0236 e. The second kappa shape index (κ2) is 4.80. The Hall–Kier alpha value is -1.04. The Morgan fingerprint density at radius 2 is 1.90 bits per heavy atom. The molecule has 0 spiro atoms. The zero-order valence-corrected chi connectivity index (χ0v) is 6.72. The molecule has 0 fully saturated rings. The fraction of sp³-hybridized carbons (Fsp3) is 0.200. The van der Waals surface area contributed by atoms with Gasteiger partial charge in [-0.15, -0.1) is 0 Å². The van der Waals surface area contributed by atoms with E-state index < -0.39 is 0 Å². The van der Waals surface area contributed by atoms with Crippen molar-refractivity contribution in [3.8, 4) is 0 Å². The van der Waals surface area contributed by atoms with Gasteiger partial charge in [0.15, 0.2) is 0 Å². The Morgan fingerprint density at radius 1 is 1.30 bits per heavy atom. The molecule has 0 nitrogen and oxygen atoms in total. The van der Waals surface area contributed by atoms with Gasteiger partial charge in [-0.05, 0) is 25.0 Å². The van der Waals surface area contributed by atoms with E-state index in [9.17, 15) is 0 Å². The van der Waals surface area contributed by atoms with Gasteiger partial charge in [-0.25, -0.2) is 0 Å². The van der Waals surface area contributed by atoms with Crippen LogP contribution in [0.3, 0.4) is 0 Å². The first-order chi connectivity index (χ1) is 4.76. The molecule has 0 aromatic rings. The molecule has 0 aromatic carbocycles. The summed E-state index contributed by atoms with van der Waals surface area (Å²) in [7, 11) is 0. The molecule has 0 N–H and O–H groups in total. The molecule has 0 aliphatic carbocycles. The third-order valence-corrected chi connectivity index (χ3v) is 1.27. The fourth-order valence-corrected chi connectivity index (χ4v) is 0.686. The van der Waals surface area contributed by atoms with Crippen LogP contribution in [0.5, 0.6) is 0 Å². The first-order valence-electron chi connectivity index (χ1n) is 3.37. The molecule has 0 atom stereocenters. The van der Waals surface area contributed by atoms with Crippen molar-refractivity contribution in [3.05, 3.63) is 48.6 Å². The highest BCUT2D eigenvalue weighted by molar-refractivity contribution is 5.43. The molecule has 0 heteroatoms. The van der Waals surface area contributed by atoms with Crippen LogP contribution >= 0.6 is 0 Å². The lowest BCUT2D eigenvalue weighted by Gasteiger charge is -1.97. The van der Waals surface area contributed by atoms with Crippen LogP contribution in [0, 0.1) is 0 Å². The van der Waals surface area contributed by atoms with Gasteiger partial charge in [0.2, 0.25) is 0 Å². The standard InChI is InChI=1S/C10H14/c1-5-8-10(7-3)9(4)6-2/h5-8H,2,4H2,1,3H3/b8-5-,10-7-. The fourth-order valence-electron chi connectivity index (χ4n) is 0.686. The molecule has 0 amide bonds. The van der Waals surface area contributed by atoms with E-state index in [1.807, 2.05) is 32.1 Å². The zero-order valence-electron chi connectivity index (χ0n) is 6.72. The van der Waals surface area contributed by atoms with Gasteiger partial charge in [-0.3, -0.25) is 0 Å². The van der Waals surface area contributed by atoms with Crippen LogP contribution in [0.2, 0.25) is 0 Å². The van der Waals surface area contributed by atoms with Gasteiger partial charge in [0.25, 0.3) is 0 Å². The normalized spacial score (nSPS) is 12.0. The lowest BCUT2D eigenvalue weighted by Crippen LogP contribution is -1.77. The van der Waals surface area contributed by atoms with Crippen molar-refractivity contribution in [3.63, 3.8) is 0 Å². The Kier molecular flexibility index (Phi) is 4.30. The molecule has 10 heavy (non-hydrogen) atoms. The maximum Gasteiger partial charge on any atom is -0.0236 e. The van der Waals surface area contributed by atoms with Gasteiger partial charge < -0.3 is 0 Å². The van der Waals surface area contributed by atoms with E-state index in [1.54, 1.807) is 6.08 Å². The average molecular weight is 134 g/mol. The molecule has 0 unspecified atom stereocenters. The second-order valence-corrected chi connectivity index (χ2v) is 1.97. The summed E-state index contributed by atoms with van der Waals surface area (Å²) in [4.78, 5) is 0. The van der Waals surface area contributed by atoms with Crippen molar-refractivity contribution >= 4 is 0 Å². The number of hydrogen-bond donors (Lipinski definition) is 0. The molecular formula is C10H14. The van der Waals surface area contributed by atoms with Crippen molar-refractivity contribution in [2.45, 2.75) is 13.8 Å². The molecule has 0 rings (SSSR count). The van der Waals surface area contributed by atoms with E-state index in [-0.39, 0.29) is 0 Å². The molecule has 0 radical (unpaired) electrons. The lowest BCUT2D eigenvalue weighted by molar-refractivity contribution is 1.51. The summed E-state index contributed by atoms with van der Waals surface area (Å²) >= 11 is 0. The first-order valence-corrected chi connectivity index (χ1v) is 3.37. The topological polar surface area (TPSA) is 0 Å². The second-order valence-electron chi connectivity index (χ2n) is 1.97. The minimum Gasteiger partial charge on any atom is -0.0985 e. The predicted molar refractivity (Wildman–Crippen MR) is 47.9 cm³/mol. The van der Waals surface area contributed by atoms with Crippen molar-refractivity contribution in [1.29, 1.82) is 0 Å². The minimum atomic E-state index is 0.973. The molecule has 0 aliphatic heterocycles. The van der Waals surface area contributed by atoms with E-state index in [1.165, 1.54) is 0 Å². The Bertz CT molecular complexity index is 180. The van der Waals surface area contributed by atoms with Crippen LogP contribution in [0.25, 0.3) is 0 Å². The summed E-state index contributed by atoms with van der Waals surface area (Å²) in [5, 5.41) is 0. The highest BCUT2D eigenvalue weighted by atomic mass is 13.9. The van der Waals surface area contributed by atoms with Gasteiger partial charge in [0.1, 0.15) is 0 Å². The summed E-state index contributed by atoms with van der Waals surface area (Å²) in [6.45, 7) is 11.4. The Labute approximate surface area is 63.3 Å². The Morgan fingerprint density at radius 3 is 2.20 bits per heavy atom. The molecule has 0 aromatic heterocycles. The van der Waals surface area contributed by atoms with Crippen molar-refractivity contribution in [1.82, 2.24) is 0 Å². The monoisotopic (exact) mass is 134 g/mol. The summed E-state index contributed by atoms with van der Waals surface area (Å²) in [6, 6.07) is 0. The van der Waals surface area contributed by atoms with Gasteiger partial charge in [0, 0.05) is 0 Å². The van der Waals surface area contributed by atoms with E-state index in [2.05, 4.69) is 13.2 Å². The quantitative estimate of drug-likeness (QED) is 0.520. The molecule has 54 valence electrons. The molecule has 0 aliphatic rings. The number of allylic oxidation sites excluding steroid dienone is 6. The van der Waals surface area contributed by atoms with E-state index in [0.717, 1.165) is 11.1 Å². The first kappa shape index (κ1) is 8.96. The van der Waals surface area contributed by atoms with Gasteiger partial charge in [0.05, 0.1) is 0 Å². The maximum absolute atomic E-state index is 3.83. The highest BCUT2D eigenvalue weighted by Crippen LogP contribution is 2.09. The zero-order chi connectivity index (χ0) is 7.98. The van der Waals surface area contributed by atoms with Crippen LogP contribution in [0.4, 0.5) is 0 Å². The highest BCUT2D eigenvalue weighted by Gasteiger charge is 1.89. The molecule has 0 saturated carbocycles. The van der Waals surface area contributed by atoms with Gasteiger partial charge in [-0.2, -0.15) is 0 Å². The predicted octanol–water partition coefficient (Wildman–Crippen LogP) is 3.25. The van der Waals surface area contributed by atoms with Crippen molar-refractivity contribution in [2.24, 2.45) is 0 Å². The molecule has 0 bridgehead atoms. The van der Waals surface area contributed by atoms with E-state index in [4.69, 9.17) is 0 Å². The minimum absolute atomic E-state index is 0.973. The van der Waals surface area contributed by atoms with Crippen molar-refractivity contribution in [2.75, 3.05) is 0 Å². The van der Waals surface area contributed by atoms with E-state index >= 15 is 0 Å². The number of rotatable bonds is 3. The number of hydrogen-bond acceptors (Lipinski definition) is 0.